The van der Waals surface area contributed by atoms with Gasteiger partial charge in [0.25, 0.3) is 0 Å². The molecule has 0 aliphatic carbocycles. The van der Waals surface area contributed by atoms with Gasteiger partial charge >= 0.3 is 6.16 Å². The van der Waals surface area contributed by atoms with Gasteiger partial charge < -0.3 is 10.2 Å². The monoisotopic (exact) mass is 260 g/mol. The molecule has 0 atom stereocenters. The van der Waals surface area contributed by atoms with E-state index in [2.05, 4.69) is 31.9 Å². The minimum atomic E-state index is -1.83. The predicted octanol–water partition coefficient (Wildman–Crippen LogP) is 2.51. The number of carboxylic acid groups (broad SMARTS) is 2. The van der Waals surface area contributed by atoms with Gasteiger partial charge in [-0.25, -0.2) is 4.79 Å². The molecule has 54 valence electrons. The second-order valence-electron chi connectivity index (χ2n) is 0.799. The van der Waals surface area contributed by atoms with Gasteiger partial charge in [0.2, 0.25) is 0 Å². The first-order chi connectivity index (χ1) is 4.15. The van der Waals surface area contributed by atoms with Crippen LogP contribution in [0.15, 0.2) is 11.1 Å². The number of hydrogen-bond acceptors (Lipinski definition) is 1. The Morgan fingerprint density at radius 3 is 1.89 bits per heavy atom. The van der Waals surface area contributed by atoms with Crippen molar-refractivity contribution < 1.29 is 15.0 Å². The molecular weight excluding hydrogens is 256 g/mol. The summed E-state index contributed by atoms with van der Waals surface area (Å²) < 4.78 is 0. The van der Waals surface area contributed by atoms with Gasteiger partial charge in [-0.05, 0) is 4.99 Å². The molecule has 0 rings (SSSR count). The summed E-state index contributed by atoms with van der Waals surface area (Å²) in [6.07, 6.45) is 0.125. The summed E-state index contributed by atoms with van der Waals surface area (Å²) in [7, 11) is 0. The Labute approximate surface area is 69.6 Å². The minimum Gasteiger partial charge on any atom is -0.450 e. The smallest absolute Gasteiger partial charge is 0.450 e. The molecule has 0 unspecified atom stereocenters. The summed E-state index contributed by atoms with van der Waals surface area (Å²) >= 11 is 6.29. The average molecular weight is 262 g/mol. The third-order valence-electron chi connectivity index (χ3n) is 0.178. The van der Waals surface area contributed by atoms with Crippen LogP contribution in [0.25, 0.3) is 0 Å². The minimum absolute atomic E-state index is 0.929. The summed E-state index contributed by atoms with van der Waals surface area (Å²) in [4.78, 5) is 10.4. The van der Waals surface area contributed by atoms with E-state index in [0.717, 1.165) is 5.33 Å². The molecule has 0 fully saturated rings. The summed E-state index contributed by atoms with van der Waals surface area (Å²) in [5.41, 5.74) is 0. The normalized spacial score (nSPS) is 8.22. The zero-order valence-electron chi connectivity index (χ0n) is 4.42. The fourth-order valence-electron chi connectivity index (χ4n) is 0.0337. The van der Waals surface area contributed by atoms with Crippen LogP contribution in [0.2, 0.25) is 0 Å². The Kier molecular flexibility index (Phi) is 14.2. The van der Waals surface area contributed by atoms with Crippen LogP contribution < -0.4 is 0 Å². The highest BCUT2D eigenvalue weighted by Gasteiger charge is 1.70. The highest BCUT2D eigenvalue weighted by molar-refractivity contribution is 9.11. The maximum atomic E-state index is 8.56. The molecule has 9 heavy (non-hydrogen) atoms. The fraction of sp³-hybridized carbons (Fsp3) is 0.250. The van der Waals surface area contributed by atoms with Crippen LogP contribution in [0.4, 0.5) is 4.79 Å². The lowest BCUT2D eigenvalue weighted by Crippen LogP contribution is -1.81. The van der Waals surface area contributed by atoms with E-state index in [1.165, 1.54) is 0 Å². The number of hydrogen-bond donors (Lipinski definition) is 2. The first-order valence-electron chi connectivity index (χ1n) is 1.88. The summed E-state index contributed by atoms with van der Waals surface area (Å²) in [6.45, 7) is 0. The average Bonchev–Trinajstić information content (AvgIpc) is 1.66. The molecular formula is C4H6Br2O3. The largest absolute Gasteiger partial charge is 0.503 e. The number of allylic oxidation sites excluding steroid dienone is 1. The quantitative estimate of drug-likeness (QED) is 0.713. The molecule has 0 aliphatic heterocycles. The van der Waals surface area contributed by atoms with Crippen molar-refractivity contribution in [1.29, 1.82) is 0 Å². The molecule has 3 nitrogen and oxygen atoms in total. The van der Waals surface area contributed by atoms with Crippen molar-refractivity contribution in [1.82, 2.24) is 0 Å². The second-order valence-corrected chi connectivity index (χ2v) is 1.97. The van der Waals surface area contributed by atoms with E-state index < -0.39 is 6.16 Å². The third-order valence-corrected chi connectivity index (χ3v) is 0.926. The molecule has 0 saturated carbocycles. The van der Waals surface area contributed by atoms with Crippen molar-refractivity contribution >= 4 is 38.0 Å². The third kappa shape index (κ3) is 73.2. The van der Waals surface area contributed by atoms with Gasteiger partial charge in [0.1, 0.15) is 0 Å². The van der Waals surface area contributed by atoms with Crippen LogP contribution in [0.5, 0.6) is 0 Å². The van der Waals surface area contributed by atoms with E-state index in [0.29, 0.717) is 0 Å². The van der Waals surface area contributed by atoms with Crippen LogP contribution in [0.3, 0.4) is 0 Å². The summed E-state index contributed by atoms with van der Waals surface area (Å²) in [6, 6.07) is 0. The highest BCUT2D eigenvalue weighted by Crippen LogP contribution is 1.85. The van der Waals surface area contributed by atoms with Gasteiger partial charge in [0.05, 0.1) is 0 Å². The first kappa shape index (κ1) is 11.7. The highest BCUT2D eigenvalue weighted by atomic mass is 79.9. The number of rotatable bonds is 1. The molecule has 2 N–H and O–H groups in total. The van der Waals surface area contributed by atoms with Crippen molar-refractivity contribution in [3.8, 4) is 0 Å². The van der Waals surface area contributed by atoms with Crippen molar-refractivity contribution in [2.24, 2.45) is 0 Å². The second kappa shape index (κ2) is 10.9. The molecule has 0 aromatic carbocycles. The molecule has 0 aromatic heterocycles. The van der Waals surface area contributed by atoms with Crippen LogP contribution in [-0.4, -0.2) is 21.7 Å². The van der Waals surface area contributed by atoms with Gasteiger partial charge in [-0.3, -0.25) is 0 Å². The van der Waals surface area contributed by atoms with Gasteiger partial charge in [-0.15, -0.1) is 0 Å². The maximum absolute atomic E-state index is 8.56. The summed E-state index contributed by atoms with van der Waals surface area (Å²) in [5.74, 6) is 0. The Hall–Kier alpha value is -0.0300. The Morgan fingerprint density at radius 2 is 1.89 bits per heavy atom. The molecule has 0 bridgehead atoms. The molecule has 0 radical (unpaired) electrons. The Morgan fingerprint density at radius 1 is 1.56 bits per heavy atom. The van der Waals surface area contributed by atoms with Crippen molar-refractivity contribution in [3.63, 3.8) is 0 Å². The molecule has 0 heterocycles. The standard InChI is InChI=1S/C3H4Br2.CH2O3/c4-2-1-3-5;2-1(3)4/h1-2H,3H2;(H2,2,3,4). The Balaban J connectivity index is 0. The molecule has 0 saturated heterocycles. The number of halogens is 2. The zero-order chi connectivity index (χ0) is 7.70. The molecule has 0 aromatic rings. The van der Waals surface area contributed by atoms with Crippen LogP contribution in [0, 0.1) is 0 Å². The van der Waals surface area contributed by atoms with E-state index >= 15 is 0 Å². The van der Waals surface area contributed by atoms with E-state index in [1.54, 1.807) is 0 Å². The number of carbonyl (C=O) groups is 1. The van der Waals surface area contributed by atoms with Crippen LogP contribution in [-0.2, 0) is 0 Å². The lowest BCUT2D eigenvalue weighted by atomic mass is 10.8. The van der Waals surface area contributed by atoms with Gasteiger partial charge in [0, 0.05) is 5.33 Å². The van der Waals surface area contributed by atoms with E-state index in [-0.39, 0.29) is 0 Å². The molecule has 0 aliphatic rings. The van der Waals surface area contributed by atoms with Gasteiger partial charge in [-0.1, -0.05) is 37.9 Å². The van der Waals surface area contributed by atoms with Crippen molar-refractivity contribution in [2.45, 2.75) is 0 Å². The maximum Gasteiger partial charge on any atom is 0.503 e. The molecule has 5 heteroatoms. The predicted molar refractivity (Wildman–Crippen MR) is 42.5 cm³/mol. The number of alkyl halides is 1. The van der Waals surface area contributed by atoms with Crippen LogP contribution >= 0.6 is 31.9 Å². The zero-order valence-corrected chi connectivity index (χ0v) is 7.59. The van der Waals surface area contributed by atoms with E-state index in [4.69, 9.17) is 15.0 Å². The van der Waals surface area contributed by atoms with Gasteiger partial charge in [-0.2, -0.15) is 0 Å². The van der Waals surface area contributed by atoms with Gasteiger partial charge in [0.15, 0.2) is 0 Å². The lowest BCUT2D eigenvalue weighted by molar-refractivity contribution is 0.137. The topological polar surface area (TPSA) is 57.5 Å². The first-order valence-corrected chi connectivity index (χ1v) is 3.92. The SMILES string of the molecule is BrC=CCBr.O=C(O)O. The van der Waals surface area contributed by atoms with Crippen molar-refractivity contribution in [2.75, 3.05) is 5.33 Å². The molecule has 0 spiro atoms. The lowest BCUT2D eigenvalue weighted by Gasteiger charge is -1.61. The molecule has 0 amide bonds. The fourth-order valence-corrected chi connectivity index (χ4v) is 0.909. The Bertz CT molecular complexity index is 87.8. The van der Waals surface area contributed by atoms with Crippen LogP contribution in [0.1, 0.15) is 0 Å². The summed E-state index contributed by atoms with van der Waals surface area (Å²) in [5, 5.41) is 14.9. The van der Waals surface area contributed by atoms with E-state index in [1.807, 2.05) is 11.1 Å². The van der Waals surface area contributed by atoms with Crippen molar-refractivity contribution in [3.05, 3.63) is 11.1 Å². The van der Waals surface area contributed by atoms with E-state index in [9.17, 15) is 0 Å².